The zero-order valence-corrected chi connectivity index (χ0v) is 22.0. The van der Waals surface area contributed by atoms with Gasteiger partial charge in [0, 0.05) is 27.2 Å². The molecule has 1 unspecified atom stereocenters. The second kappa shape index (κ2) is 10.6. The summed E-state index contributed by atoms with van der Waals surface area (Å²) in [7, 11) is 0. The molecule has 2 amide bonds. The standard InChI is InChI=1S/C25H22N4O4S.C2HF3O2/c26-15(25(32)33)5-2-6-18-27-17(10-34-18)11-7-8-16-14(9-11)19-21-20(23(30)29-24(21)31)12-3-1-4-13(12)22(19)28-16;3-2(4,5)1(6)7/h7-10,15,28H,1-6,26H2,(H,32,33)(H,29,30,31);(H,6,7). The van der Waals surface area contributed by atoms with Crippen molar-refractivity contribution < 1.29 is 42.6 Å². The summed E-state index contributed by atoms with van der Waals surface area (Å²) in [5, 5.41) is 23.2. The van der Waals surface area contributed by atoms with Crippen LogP contribution in [-0.2, 0) is 28.9 Å². The maximum absolute atomic E-state index is 12.8. The molecule has 4 aromatic rings. The number of hydrogen-bond acceptors (Lipinski definition) is 7. The number of nitrogens with zero attached hydrogens (tertiary/aromatic N) is 1. The fraction of sp³-hybridized carbons (Fsp3) is 0.296. The Hall–Kier alpha value is -4.30. The van der Waals surface area contributed by atoms with E-state index in [0.717, 1.165) is 68.5 Å². The van der Waals surface area contributed by atoms with Crippen molar-refractivity contribution >= 4 is 56.9 Å². The summed E-state index contributed by atoms with van der Waals surface area (Å²) in [6, 6.07) is 5.18. The van der Waals surface area contributed by atoms with Crippen LogP contribution >= 0.6 is 11.3 Å². The van der Waals surface area contributed by atoms with E-state index >= 15 is 0 Å². The van der Waals surface area contributed by atoms with Crippen LogP contribution in [0.5, 0.6) is 0 Å². The van der Waals surface area contributed by atoms with Crippen LogP contribution in [0.1, 0.15) is 56.1 Å². The smallest absolute Gasteiger partial charge is 0.480 e. The molecule has 0 saturated carbocycles. The van der Waals surface area contributed by atoms with Crippen molar-refractivity contribution in [2.45, 2.75) is 50.7 Å². The van der Waals surface area contributed by atoms with Gasteiger partial charge in [0.2, 0.25) is 0 Å². The normalized spacial score (nSPS) is 14.9. The minimum atomic E-state index is -5.08. The molecule has 3 heterocycles. The Morgan fingerprint density at radius 2 is 1.78 bits per heavy atom. The van der Waals surface area contributed by atoms with Crippen LogP contribution in [0.3, 0.4) is 0 Å². The van der Waals surface area contributed by atoms with Gasteiger partial charge in [-0.05, 0) is 61.8 Å². The van der Waals surface area contributed by atoms with E-state index in [0.29, 0.717) is 30.4 Å². The third kappa shape index (κ3) is 5.27. The van der Waals surface area contributed by atoms with E-state index in [1.54, 1.807) is 0 Å². The van der Waals surface area contributed by atoms with Gasteiger partial charge in [0.15, 0.2) is 0 Å². The number of carbonyl (C=O) groups is 4. The Labute approximate surface area is 233 Å². The number of carboxylic acid groups (broad SMARTS) is 2. The molecule has 0 spiro atoms. The van der Waals surface area contributed by atoms with E-state index in [2.05, 4.69) is 10.3 Å². The average molecular weight is 589 g/mol. The van der Waals surface area contributed by atoms with Crippen LogP contribution in [-0.4, -0.2) is 56.2 Å². The summed E-state index contributed by atoms with van der Waals surface area (Å²) in [6.07, 6.45) is -0.677. The number of H-pyrrole nitrogens is 1. The number of carboxylic acids is 2. The monoisotopic (exact) mass is 588 g/mol. The van der Waals surface area contributed by atoms with E-state index in [1.165, 1.54) is 11.3 Å². The SMILES string of the molecule is NC(CCCc1nc(-c2ccc3[nH]c4c5c(c6c(c4c3c2)C(=O)NC6=O)CCC5)cs1)C(=O)O.O=C(O)C(F)(F)F. The molecule has 2 aromatic carbocycles. The molecule has 2 aliphatic rings. The number of alkyl halides is 3. The van der Waals surface area contributed by atoms with Gasteiger partial charge < -0.3 is 20.9 Å². The predicted molar refractivity (Wildman–Crippen MR) is 143 cm³/mol. The number of thiazole rings is 1. The summed E-state index contributed by atoms with van der Waals surface area (Å²) in [5.41, 5.74) is 12.4. The number of rotatable bonds is 6. The fourth-order valence-corrected chi connectivity index (χ4v) is 6.12. The largest absolute Gasteiger partial charge is 0.490 e. The summed E-state index contributed by atoms with van der Waals surface area (Å²) in [5.74, 6) is -4.37. The number of nitrogens with one attached hydrogen (secondary N) is 2. The molecule has 10 nitrogen and oxygen atoms in total. The Bertz CT molecular complexity index is 1740. The number of nitrogens with two attached hydrogens (primary N) is 1. The van der Waals surface area contributed by atoms with Crippen molar-refractivity contribution in [3.63, 3.8) is 0 Å². The van der Waals surface area contributed by atoms with Gasteiger partial charge in [-0.25, -0.2) is 9.78 Å². The number of aromatic nitrogens is 2. The second-order valence-corrected chi connectivity index (χ2v) is 10.7. The minimum absolute atomic E-state index is 0.294. The van der Waals surface area contributed by atoms with Crippen LogP contribution in [0.4, 0.5) is 13.2 Å². The first-order valence-electron chi connectivity index (χ1n) is 12.6. The summed E-state index contributed by atoms with van der Waals surface area (Å²) in [6.45, 7) is 0. The number of fused-ring (bicyclic) bond motifs is 8. The Morgan fingerprint density at radius 3 is 2.46 bits per heavy atom. The Balaban J connectivity index is 0.000000431. The van der Waals surface area contributed by atoms with Gasteiger partial charge in [-0.2, -0.15) is 13.2 Å². The zero-order chi connectivity index (χ0) is 29.6. The van der Waals surface area contributed by atoms with E-state index in [1.807, 2.05) is 23.6 Å². The lowest BCUT2D eigenvalue weighted by Gasteiger charge is -2.07. The van der Waals surface area contributed by atoms with Crippen LogP contribution in [0.25, 0.3) is 33.1 Å². The molecule has 14 heteroatoms. The van der Waals surface area contributed by atoms with E-state index in [9.17, 15) is 27.6 Å². The number of amides is 2. The summed E-state index contributed by atoms with van der Waals surface area (Å²) >= 11 is 1.54. The molecular formula is C27H23F3N4O6S. The molecule has 1 aliphatic carbocycles. The fourth-order valence-electron chi connectivity index (χ4n) is 5.27. The van der Waals surface area contributed by atoms with Crippen LogP contribution < -0.4 is 11.1 Å². The predicted octanol–water partition coefficient (Wildman–Crippen LogP) is 4.18. The summed E-state index contributed by atoms with van der Waals surface area (Å²) < 4.78 is 31.7. The van der Waals surface area contributed by atoms with Crippen molar-refractivity contribution in [2.75, 3.05) is 0 Å². The first-order chi connectivity index (χ1) is 19.4. The minimum Gasteiger partial charge on any atom is -0.480 e. The van der Waals surface area contributed by atoms with Crippen LogP contribution in [0, 0.1) is 0 Å². The highest BCUT2D eigenvalue weighted by Gasteiger charge is 2.38. The van der Waals surface area contributed by atoms with E-state index in [-0.39, 0.29) is 11.8 Å². The quantitative estimate of drug-likeness (QED) is 0.208. The Kier molecular flexibility index (Phi) is 7.30. The van der Waals surface area contributed by atoms with Crippen molar-refractivity contribution in [3.8, 4) is 11.3 Å². The van der Waals surface area contributed by atoms with Gasteiger partial charge in [0.25, 0.3) is 11.8 Å². The van der Waals surface area contributed by atoms with E-state index < -0.39 is 24.2 Å². The number of aliphatic carboxylic acids is 2. The molecule has 0 saturated heterocycles. The molecule has 41 heavy (non-hydrogen) atoms. The average Bonchev–Trinajstić information content (AvgIpc) is 3.68. The summed E-state index contributed by atoms with van der Waals surface area (Å²) in [4.78, 5) is 53.4. The van der Waals surface area contributed by atoms with Crippen molar-refractivity contribution in [2.24, 2.45) is 5.73 Å². The van der Waals surface area contributed by atoms with E-state index in [4.69, 9.17) is 25.7 Å². The highest BCUT2D eigenvalue weighted by molar-refractivity contribution is 7.09. The molecule has 0 bridgehead atoms. The number of hydrogen-bond donors (Lipinski definition) is 5. The molecule has 0 radical (unpaired) electrons. The van der Waals surface area contributed by atoms with Gasteiger partial charge in [0.1, 0.15) is 6.04 Å². The highest BCUT2D eigenvalue weighted by Crippen LogP contribution is 2.42. The first kappa shape index (κ1) is 28.2. The maximum atomic E-state index is 12.8. The third-order valence-electron chi connectivity index (χ3n) is 7.11. The van der Waals surface area contributed by atoms with Gasteiger partial charge >= 0.3 is 18.1 Å². The Morgan fingerprint density at radius 1 is 1.10 bits per heavy atom. The van der Waals surface area contributed by atoms with Crippen LogP contribution in [0.15, 0.2) is 23.6 Å². The number of benzene rings is 2. The number of imide groups is 1. The lowest BCUT2D eigenvalue weighted by atomic mass is 9.93. The molecule has 1 atom stereocenters. The second-order valence-electron chi connectivity index (χ2n) is 9.75. The number of halogens is 3. The van der Waals surface area contributed by atoms with Gasteiger partial charge in [-0.3, -0.25) is 19.7 Å². The maximum Gasteiger partial charge on any atom is 0.490 e. The third-order valence-corrected chi connectivity index (χ3v) is 8.02. The number of carbonyl (C=O) groups excluding carboxylic acids is 2. The number of aromatic amines is 1. The highest BCUT2D eigenvalue weighted by atomic mass is 32.1. The molecule has 6 rings (SSSR count). The lowest BCUT2D eigenvalue weighted by molar-refractivity contribution is -0.192. The molecule has 2 aromatic heterocycles. The van der Waals surface area contributed by atoms with Gasteiger partial charge in [-0.15, -0.1) is 11.3 Å². The molecule has 0 fully saturated rings. The molecule has 1 aliphatic heterocycles. The zero-order valence-electron chi connectivity index (χ0n) is 21.2. The van der Waals surface area contributed by atoms with Gasteiger partial charge in [-0.1, -0.05) is 6.07 Å². The lowest BCUT2D eigenvalue weighted by Crippen LogP contribution is -2.29. The first-order valence-corrected chi connectivity index (χ1v) is 13.5. The molecule has 6 N–H and O–H groups in total. The molecular weight excluding hydrogens is 565 g/mol. The number of aryl methyl sites for hydroxylation is 2. The topological polar surface area (TPSA) is 175 Å². The van der Waals surface area contributed by atoms with Crippen molar-refractivity contribution in [3.05, 3.63) is 50.8 Å². The van der Waals surface area contributed by atoms with Gasteiger partial charge in [0.05, 0.1) is 27.3 Å². The van der Waals surface area contributed by atoms with Crippen molar-refractivity contribution in [1.82, 2.24) is 15.3 Å². The van der Waals surface area contributed by atoms with Crippen LogP contribution in [0.2, 0.25) is 0 Å². The van der Waals surface area contributed by atoms with Crippen molar-refractivity contribution in [1.29, 1.82) is 0 Å². The molecule has 214 valence electrons.